The zero-order valence-electron chi connectivity index (χ0n) is 18.7. The molecule has 0 atom stereocenters. The van der Waals surface area contributed by atoms with E-state index >= 15 is 0 Å². The van der Waals surface area contributed by atoms with E-state index in [0.717, 1.165) is 29.7 Å². The SMILES string of the molecule is Cc1ccc(C)c(N2CCN(C(=O)Cn3c4ccccc4c4nc(=O)cc(C)n43)CC2)c1. The number of carbonyl (C=O) groups excluding carboxylic acids is 1. The minimum Gasteiger partial charge on any atom is -0.368 e. The van der Waals surface area contributed by atoms with Crippen LogP contribution >= 0.6 is 0 Å². The van der Waals surface area contributed by atoms with E-state index in [0.29, 0.717) is 18.7 Å². The molecule has 1 fully saturated rings. The average Bonchev–Trinajstić information content (AvgIpc) is 3.09. The summed E-state index contributed by atoms with van der Waals surface area (Å²) in [7, 11) is 0. The van der Waals surface area contributed by atoms with Gasteiger partial charge in [-0.15, -0.1) is 0 Å². The van der Waals surface area contributed by atoms with Crippen LogP contribution in [-0.4, -0.2) is 51.2 Å². The van der Waals surface area contributed by atoms with Crippen molar-refractivity contribution in [3.63, 3.8) is 0 Å². The highest BCUT2D eigenvalue weighted by Crippen LogP contribution is 2.24. The van der Waals surface area contributed by atoms with Gasteiger partial charge in [0.1, 0.15) is 6.54 Å². The van der Waals surface area contributed by atoms with Gasteiger partial charge in [0.2, 0.25) is 5.91 Å². The maximum Gasteiger partial charge on any atom is 0.273 e. The number of aryl methyl sites for hydroxylation is 3. The van der Waals surface area contributed by atoms with Gasteiger partial charge in [0, 0.05) is 49.0 Å². The number of benzene rings is 2. The van der Waals surface area contributed by atoms with E-state index in [2.05, 4.69) is 41.9 Å². The molecule has 3 heterocycles. The normalized spacial score (nSPS) is 14.5. The Balaban J connectivity index is 1.40. The summed E-state index contributed by atoms with van der Waals surface area (Å²) < 4.78 is 3.82. The molecular weight excluding hydrogens is 402 g/mol. The summed E-state index contributed by atoms with van der Waals surface area (Å²) in [4.78, 5) is 33.8. The molecule has 0 N–H and O–H groups in total. The zero-order chi connectivity index (χ0) is 22.4. The number of amides is 1. The highest BCUT2D eigenvalue weighted by molar-refractivity contribution is 5.93. The van der Waals surface area contributed by atoms with Gasteiger partial charge in [-0.05, 0) is 50.1 Å². The Bertz CT molecular complexity index is 1390. The van der Waals surface area contributed by atoms with Gasteiger partial charge in [-0.25, -0.2) is 4.52 Å². The van der Waals surface area contributed by atoms with Crippen LogP contribution < -0.4 is 10.5 Å². The minimum atomic E-state index is -0.265. The number of fused-ring (bicyclic) bond motifs is 3. The summed E-state index contributed by atoms with van der Waals surface area (Å²) in [5, 5.41) is 0.876. The van der Waals surface area contributed by atoms with Crippen LogP contribution in [0.2, 0.25) is 0 Å². The van der Waals surface area contributed by atoms with Gasteiger partial charge in [0.15, 0.2) is 5.65 Å². The molecule has 1 amide bonds. The van der Waals surface area contributed by atoms with E-state index in [-0.39, 0.29) is 18.0 Å². The third-order valence-electron chi connectivity index (χ3n) is 6.37. The van der Waals surface area contributed by atoms with Gasteiger partial charge < -0.3 is 9.80 Å². The topological polar surface area (TPSA) is 62.9 Å². The molecule has 0 aliphatic carbocycles. The number of hydrogen-bond donors (Lipinski definition) is 0. The third kappa shape index (κ3) is 3.43. The molecule has 0 spiro atoms. The predicted octanol–water partition coefficient (Wildman–Crippen LogP) is 2.92. The number of aromatic nitrogens is 3. The van der Waals surface area contributed by atoms with Crippen LogP contribution in [0.4, 0.5) is 5.69 Å². The molecule has 7 heteroatoms. The maximum absolute atomic E-state index is 13.3. The van der Waals surface area contributed by atoms with E-state index in [4.69, 9.17) is 0 Å². The second-order valence-corrected chi connectivity index (χ2v) is 8.60. The largest absolute Gasteiger partial charge is 0.368 e. The Morgan fingerprint density at radius 3 is 2.50 bits per heavy atom. The molecule has 2 aromatic carbocycles. The first kappa shape index (κ1) is 20.3. The van der Waals surface area contributed by atoms with Crippen LogP contribution in [0.15, 0.2) is 53.3 Å². The van der Waals surface area contributed by atoms with Gasteiger partial charge in [-0.3, -0.25) is 14.3 Å². The first-order valence-corrected chi connectivity index (χ1v) is 11.0. The van der Waals surface area contributed by atoms with Crippen LogP contribution in [0.3, 0.4) is 0 Å². The van der Waals surface area contributed by atoms with E-state index in [1.54, 1.807) is 0 Å². The zero-order valence-corrected chi connectivity index (χ0v) is 18.7. The molecule has 4 aromatic rings. The van der Waals surface area contributed by atoms with Gasteiger partial charge in [-0.2, -0.15) is 4.98 Å². The van der Waals surface area contributed by atoms with Gasteiger partial charge >= 0.3 is 0 Å². The smallest absolute Gasteiger partial charge is 0.273 e. The lowest BCUT2D eigenvalue weighted by Gasteiger charge is -2.37. The Kier molecular flexibility index (Phi) is 4.96. The number of hydrogen-bond acceptors (Lipinski definition) is 4. The molecule has 0 bridgehead atoms. The molecule has 5 rings (SSSR count). The molecule has 2 aromatic heterocycles. The fourth-order valence-corrected chi connectivity index (χ4v) is 4.71. The van der Waals surface area contributed by atoms with Crippen molar-refractivity contribution in [2.75, 3.05) is 31.1 Å². The first-order valence-electron chi connectivity index (χ1n) is 11.0. The first-order chi connectivity index (χ1) is 15.4. The van der Waals surface area contributed by atoms with Crippen molar-refractivity contribution < 1.29 is 4.79 Å². The standard InChI is InChI=1S/C25H27N5O2/c1-17-8-9-18(2)22(14-17)27-10-12-28(13-11-27)24(32)16-29-21-7-5-4-6-20(21)25-26-23(31)15-19(3)30(25)29/h4-9,14-15H,10-13,16H2,1-3H3. The lowest BCUT2D eigenvalue weighted by Crippen LogP contribution is -2.50. The second kappa shape index (κ2) is 7.82. The molecule has 0 saturated carbocycles. The second-order valence-electron chi connectivity index (χ2n) is 8.60. The van der Waals surface area contributed by atoms with Crippen LogP contribution in [0, 0.1) is 20.8 Å². The lowest BCUT2D eigenvalue weighted by atomic mass is 10.1. The monoisotopic (exact) mass is 429 g/mol. The Morgan fingerprint density at radius 1 is 0.969 bits per heavy atom. The van der Waals surface area contributed by atoms with Crippen molar-refractivity contribution in [1.82, 2.24) is 19.1 Å². The molecular formula is C25H27N5O2. The Hall–Kier alpha value is -3.61. The average molecular weight is 430 g/mol. The summed E-state index contributed by atoms with van der Waals surface area (Å²) in [6.07, 6.45) is 0. The molecule has 1 aliphatic rings. The van der Waals surface area contributed by atoms with Crippen molar-refractivity contribution in [3.8, 4) is 0 Å². The maximum atomic E-state index is 13.3. The van der Waals surface area contributed by atoms with E-state index in [9.17, 15) is 9.59 Å². The number of anilines is 1. The highest BCUT2D eigenvalue weighted by Gasteiger charge is 2.24. The van der Waals surface area contributed by atoms with Crippen LogP contribution in [0.1, 0.15) is 16.8 Å². The summed E-state index contributed by atoms with van der Waals surface area (Å²) >= 11 is 0. The van der Waals surface area contributed by atoms with Crippen molar-refractivity contribution in [1.29, 1.82) is 0 Å². The number of piperazine rings is 1. The molecule has 7 nitrogen and oxygen atoms in total. The fraction of sp³-hybridized carbons (Fsp3) is 0.320. The van der Waals surface area contributed by atoms with Crippen LogP contribution in [0.25, 0.3) is 16.6 Å². The quantitative estimate of drug-likeness (QED) is 0.502. The third-order valence-corrected chi connectivity index (χ3v) is 6.37. The molecule has 0 radical (unpaired) electrons. The molecule has 1 saturated heterocycles. The van der Waals surface area contributed by atoms with E-state index in [1.165, 1.54) is 22.9 Å². The van der Waals surface area contributed by atoms with Crippen LogP contribution in [-0.2, 0) is 11.3 Å². The Morgan fingerprint density at radius 2 is 1.72 bits per heavy atom. The number of para-hydroxylation sites is 1. The van der Waals surface area contributed by atoms with E-state index in [1.807, 2.05) is 45.3 Å². The van der Waals surface area contributed by atoms with Crippen LogP contribution in [0.5, 0.6) is 0 Å². The summed E-state index contributed by atoms with van der Waals surface area (Å²) in [6.45, 7) is 9.34. The van der Waals surface area contributed by atoms with Gasteiger partial charge in [-0.1, -0.05) is 24.3 Å². The number of rotatable bonds is 3. The van der Waals surface area contributed by atoms with Crippen molar-refractivity contribution in [2.24, 2.45) is 0 Å². The van der Waals surface area contributed by atoms with Crippen molar-refractivity contribution in [2.45, 2.75) is 27.3 Å². The molecule has 164 valence electrons. The summed E-state index contributed by atoms with van der Waals surface area (Å²) in [6, 6.07) is 15.8. The Labute approximate surface area is 186 Å². The number of nitrogens with zero attached hydrogens (tertiary/aromatic N) is 5. The molecule has 1 aliphatic heterocycles. The van der Waals surface area contributed by atoms with Gasteiger partial charge in [0.05, 0.1) is 5.52 Å². The summed E-state index contributed by atoms with van der Waals surface area (Å²) in [5.41, 5.74) is 5.76. The van der Waals surface area contributed by atoms with Crippen molar-refractivity contribution in [3.05, 3.63) is 75.7 Å². The van der Waals surface area contributed by atoms with Gasteiger partial charge in [0.25, 0.3) is 5.56 Å². The number of carbonyl (C=O) groups is 1. The molecule has 0 unspecified atom stereocenters. The lowest BCUT2D eigenvalue weighted by molar-refractivity contribution is -0.132. The minimum absolute atomic E-state index is 0.0753. The fourth-order valence-electron chi connectivity index (χ4n) is 4.71. The van der Waals surface area contributed by atoms with E-state index < -0.39 is 0 Å². The summed E-state index contributed by atoms with van der Waals surface area (Å²) in [5.74, 6) is 0.0753. The predicted molar refractivity (Wildman–Crippen MR) is 126 cm³/mol. The van der Waals surface area contributed by atoms with Crippen molar-refractivity contribution >= 4 is 28.1 Å². The highest BCUT2D eigenvalue weighted by atomic mass is 16.2. The molecule has 32 heavy (non-hydrogen) atoms.